The first-order valence-corrected chi connectivity index (χ1v) is 8.25. The summed E-state index contributed by atoms with van der Waals surface area (Å²) in [6.45, 7) is 2.50. The van der Waals surface area contributed by atoms with Gasteiger partial charge in [0.25, 0.3) is 0 Å². The third kappa shape index (κ3) is 3.43. The molecule has 2 fully saturated rings. The van der Waals surface area contributed by atoms with Gasteiger partial charge in [-0.1, -0.05) is 49.0 Å². The van der Waals surface area contributed by atoms with E-state index in [0.717, 1.165) is 24.5 Å². The highest BCUT2D eigenvalue weighted by Gasteiger charge is 2.31. The second-order valence-electron chi connectivity index (χ2n) is 6.04. The molecule has 0 spiro atoms. The minimum Gasteiger partial charge on any atom is -0.348 e. The predicted molar refractivity (Wildman–Crippen MR) is 88.2 cm³/mol. The van der Waals surface area contributed by atoms with Crippen molar-refractivity contribution in [3.05, 3.63) is 35.9 Å². The average Bonchev–Trinajstić information content (AvgIpc) is 2.74. The molecule has 3 rings (SSSR count). The summed E-state index contributed by atoms with van der Waals surface area (Å²) in [4.78, 5) is 17.5. The fourth-order valence-corrected chi connectivity index (χ4v) is 3.54. The summed E-state index contributed by atoms with van der Waals surface area (Å²) in [6, 6.07) is 10.4. The van der Waals surface area contributed by atoms with Crippen LogP contribution in [0.2, 0.25) is 0 Å². The summed E-state index contributed by atoms with van der Waals surface area (Å²) < 4.78 is 0. The zero-order valence-electron chi connectivity index (χ0n) is 12.3. The van der Waals surface area contributed by atoms with Crippen LogP contribution in [0.3, 0.4) is 0 Å². The molecule has 112 valence electrons. The molecule has 2 saturated heterocycles. The molecule has 3 nitrogen and oxygen atoms in total. The van der Waals surface area contributed by atoms with E-state index in [4.69, 9.17) is 12.2 Å². The van der Waals surface area contributed by atoms with Crippen LogP contribution < -0.4 is 0 Å². The Balaban J connectivity index is 1.64. The van der Waals surface area contributed by atoms with Crippen LogP contribution in [-0.2, 0) is 4.79 Å². The Morgan fingerprint density at radius 2 is 1.90 bits per heavy atom. The summed E-state index contributed by atoms with van der Waals surface area (Å²) in [5.41, 5.74) is 1.27. The van der Waals surface area contributed by atoms with E-state index in [1.807, 2.05) is 23.1 Å². The van der Waals surface area contributed by atoms with Crippen LogP contribution in [0.4, 0.5) is 0 Å². The first-order valence-electron chi connectivity index (χ1n) is 7.84. The highest BCUT2D eigenvalue weighted by molar-refractivity contribution is 7.80. The lowest BCUT2D eigenvalue weighted by Gasteiger charge is -2.29. The van der Waals surface area contributed by atoms with E-state index >= 15 is 0 Å². The molecule has 2 heterocycles. The average molecular weight is 302 g/mol. The number of hydrogen-bond acceptors (Lipinski definition) is 2. The first kappa shape index (κ1) is 14.5. The number of hydrogen-bond donors (Lipinski definition) is 0. The number of carbonyl (C=O) groups excluding carboxylic acids is 1. The lowest BCUT2D eigenvalue weighted by atomic mass is 9.99. The Bertz CT molecular complexity index is 517. The minimum atomic E-state index is 0.260. The van der Waals surface area contributed by atoms with Crippen molar-refractivity contribution in [1.82, 2.24) is 9.80 Å². The van der Waals surface area contributed by atoms with E-state index in [1.54, 1.807) is 0 Å². The molecule has 1 atom stereocenters. The van der Waals surface area contributed by atoms with E-state index < -0.39 is 0 Å². The number of nitrogens with zero attached hydrogens (tertiary/aromatic N) is 2. The van der Waals surface area contributed by atoms with E-state index in [9.17, 15) is 4.79 Å². The molecule has 1 aromatic rings. The van der Waals surface area contributed by atoms with Crippen LogP contribution in [0, 0.1) is 0 Å². The van der Waals surface area contributed by atoms with Gasteiger partial charge in [0.05, 0.1) is 11.7 Å². The Labute approximate surface area is 131 Å². The number of rotatable bonds is 3. The third-order valence-electron chi connectivity index (χ3n) is 4.50. The number of carbonyl (C=O) groups is 1. The SMILES string of the molecule is O=C1CC(c2ccccc2)CN1CN1CCCCCC1=S. The molecule has 0 saturated carbocycles. The smallest absolute Gasteiger partial charge is 0.224 e. The maximum atomic E-state index is 12.3. The molecule has 2 aliphatic heterocycles. The van der Waals surface area contributed by atoms with E-state index in [1.165, 1.54) is 24.8 Å². The molecule has 1 aromatic carbocycles. The van der Waals surface area contributed by atoms with Gasteiger partial charge in [0.15, 0.2) is 0 Å². The standard InChI is InChI=1S/C17H22N2OS/c20-16-11-15(14-7-3-1-4-8-14)12-19(16)13-18-10-6-2-5-9-17(18)21/h1,3-4,7-8,15H,2,5-6,9-13H2. The molecule has 21 heavy (non-hydrogen) atoms. The van der Waals surface area contributed by atoms with Gasteiger partial charge in [-0.15, -0.1) is 0 Å². The van der Waals surface area contributed by atoms with Gasteiger partial charge in [0, 0.05) is 25.4 Å². The normalized spacial score (nSPS) is 23.5. The lowest BCUT2D eigenvalue weighted by molar-refractivity contribution is -0.128. The van der Waals surface area contributed by atoms with Gasteiger partial charge in [-0.2, -0.15) is 0 Å². The van der Waals surface area contributed by atoms with Crippen molar-refractivity contribution in [2.24, 2.45) is 0 Å². The Morgan fingerprint density at radius 1 is 1.10 bits per heavy atom. The zero-order valence-corrected chi connectivity index (χ0v) is 13.1. The molecule has 4 heteroatoms. The summed E-state index contributed by atoms with van der Waals surface area (Å²) >= 11 is 5.50. The molecule has 0 aromatic heterocycles. The zero-order chi connectivity index (χ0) is 14.7. The summed E-state index contributed by atoms with van der Waals surface area (Å²) in [7, 11) is 0. The summed E-state index contributed by atoms with van der Waals surface area (Å²) in [5.74, 6) is 0.593. The fraction of sp³-hybridized carbons (Fsp3) is 0.529. The minimum absolute atomic E-state index is 0.260. The van der Waals surface area contributed by atoms with Crippen molar-refractivity contribution in [3.63, 3.8) is 0 Å². The lowest BCUT2D eigenvalue weighted by Crippen LogP contribution is -2.41. The van der Waals surface area contributed by atoms with Crippen LogP contribution in [0.5, 0.6) is 0 Å². The maximum Gasteiger partial charge on any atom is 0.224 e. The van der Waals surface area contributed by atoms with Gasteiger partial charge in [-0.25, -0.2) is 0 Å². The Hall–Kier alpha value is -1.42. The topological polar surface area (TPSA) is 23.6 Å². The van der Waals surface area contributed by atoms with Gasteiger partial charge >= 0.3 is 0 Å². The number of amides is 1. The van der Waals surface area contributed by atoms with Gasteiger partial charge < -0.3 is 9.80 Å². The summed E-state index contributed by atoms with van der Waals surface area (Å²) in [5, 5.41) is 0. The van der Waals surface area contributed by atoms with Crippen molar-refractivity contribution in [2.75, 3.05) is 19.8 Å². The van der Waals surface area contributed by atoms with Crippen molar-refractivity contribution in [2.45, 2.75) is 38.0 Å². The predicted octanol–water partition coefficient (Wildman–Crippen LogP) is 3.16. The van der Waals surface area contributed by atoms with Crippen LogP contribution in [0.25, 0.3) is 0 Å². The molecular formula is C17H22N2OS. The van der Waals surface area contributed by atoms with Crippen LogP contribution in [0.15, 0.2) is 30.3 Å². The van der Waals surface area contributed by atoms with Crippen LogP contribution in [-0.4, -0.2) is 40.5 Å². The summed E-state index contributed by atoms with van der Waals surface area (Å²) in [6.07, 6.45) is 5.25. The Morgan fingerprint density at radius 3 is 2.71 bits per heavy atom. The quantitative estimate of drug-likeness (QED) is 0.801. The van der Waals surface area contributed by atoms with Crippen molar-refractivity contribution >= 4 is 23.1 Å². The van der Waals surface area contributed by atoms with Gasteiger partial charge in [-0.05, 0) is 24.8 Å². The molecule has 1 amide bonds. The highest BCUT2D eigenvalue weighted by Crippen LogP contribution is 2.28. The molecule has 0 bridgehead atoms. The molecule has 2 aliphatic rings. The fourth-order valence-electron chi connectivity index (χ4n) is 3.25. The second-order valence-corrected chi connectivity index (χ2v) is 6.51. The van der Waals surface area contributed by atoms with E-state index in [-0.39, 0.29) is 5.91 Å². The largest absolute Gasteiger partial charge is 0.348 e. The molecular weight excluding hydrogens is 280 g/mol. The van der Waals surface area contributed by atoms with Gasteiger partial charge in [0.1, 0.15) is 0 Å². The first-order chi connectivity index (χ1) is 10.2. The monoisotopic (exact) mass is 302 g/mol. The number of likely N-dealkylation sites (tertiary alicyclic amines) is 2. The number of thiocarbonyl (C=S) groups is 1. The van der Waals surface area contributed by atoms with Crippen LogP contribution in [0.1, 0.15) is 43.6 Å². The maximum absolute atomic E-state index is 12.3. The number of benzene rings is 1. The Kier molecular flexibility index (Phi) is 4.54. The third-order valence-corrected chi connectivity index (χ3v) is 4.96. The van der Waals surface area contributed by atoms with Crippen molar-refractivity contribution in [3.8, 4) is 0 Å². The van der Waals surface area contributed by atoms with Gasteiger partial charge in [-0.3, -0.25) is 4.79 Å². The van der Waals surface area contributed by atoms with Crippen molar-refractivity contribution < 1.29 is 4.79 Å². The van der Waals surface area contributed by atoms with Crippen LogP contribution >= 0.6 is 12.2 Å². The van der Waals surface area contributed by atoms with E-state index in [2.05, 4.69) is 17.0 Å². The highest BCUT2D eigenvalue weighted by atomic mass is 32.1. The second kappa shape index (κ2) is 6.56. The molecule has 0 radical (unpaired) electrons. The van der Waals surface area contributed by atoms with E-state index in [0.29, 0.717) is 19.0 Å². The van der Waals surface area contributed by atoms with Gasteiger partial charge in [0.2, 0.25) is 5.91 Å². The molecule has 0 aliphatic carbocycles. The molecule has 1 unspecified atom stereocenters. The van der Waals surface area contributed by atoms with Crippen molar-refractivity contribution in [1.29, 1.82) is 0 Å². The molecule has 0 N–H and O–H groups in total.